The number of benzene rings is 2. The minimum atomic E-state index is -0.910. The van der Waals surface area contributed by atoms with Crippen LogP contribution in [0.3, 0.4) is 0 Å². The third kappa shape index (κ3) is 10.6. The van der Waals surface area contributed by atoms with E-state index in [-0.39, 0.29) is 38.2 Å². The van der Waals surface area contributed by atoms with E-state index in [0.29, 0.717) is 43.7 Å². The Balaban J connectivity index is 1.69. The molecule has 2 amide bonds. The molecule has 234 valence electrons. The van der Waals surface area contributed by atoms with Gasteiger partial charge in [0.05, 0.1) is 6.61 Å². The van der Waals surface area contributed by atoms with Gasteiger partial charge in [-0.15, -0.1) is 0 Å². The minimum Gasteiger partial charge on any atom is -0.461 e. The number of carbonyl (C=O) groups excluding carboxylic acids is 4. The van der Waals surface area contributed by atoms with Crippen molar-refractivity contribution in [1.82, 2.24) is 10.2 Å². The van der Waals surface area contributed by atoms with Crippen molar-refractivity contribution in [2.45, 2.75) is 89.9 Å². The van der Waals surface area contributed by atoms with E-state index in [1.807, 2.05) is 69.3 Å². The third-order valence-corrected chi connectivity index (χ3v) is 7.73. The average molecular weight is 615 g/mol. The third-order valence-electron chi connectivity index (χ3n) is 7.49. The lowest BCUT2D eigenvalue weighted by molar-refractivity contribution is -0.161. The van der Waals surface area contributed by atoms with Gasteiger partial charge in [-0.1, -0.05) is 54.1 Å². The first-order chi connectivity index (χ1) is 20.4. The average Bonchev–Trinajstić information content (AvgIpc) is 2.97. The highest BCUT2D eigenvalue weighted by molar-refractivity contribution is 6.32. The summed E-state index contributed by atoms with van der Waals surface area (Å²) >= 11 is 6.35. The molecule has 9 nitrogen and oxygen atoms in total. The molecule has 0 bridgehead atoms. The van der Waals surface area contributed by atoms with Crippen LogP contribution in [0.2, 0.25) is 5.02 Å². The van der Waals surface area contributed by atoms with Crippen LogP contribution in [0.4, 0.5) is 4.79 Å². The zero-order valence-corrected chi connectivity index (χ0v) is 26.3. The molecule has 2 aromatic rings. The molecule has 0 aliphatic heterocycles. The lowest BCUT2D eigenvalue weighted by Gasteiger charge is -2.44. The summed E-state index contributed by atoms with van der Waals surface area (Å²) in [7, 11) is 0. The molecule has 10 heteroatoms. The van der Waals surface area contributed by atoms with E-state index in [1.54, 1.807) is 13.0 Å². The monoisotopic (exact) mass is 614 g/mol. The number of nitrogens with one attached hydrogen (secondary N) is 1. The molecule has 1 fully saturated rings. The molecule has 2 aromatic carbocycles. The fraction of sp³-hybridized carbons (Fsp3) is 0.515. The first kappa shape index (κ1) is 33.9. The minimum absolute atomic E-state index is 0.0864. The molecule has 0 saturated heterocycles. The normalized spacial score (nSPS) is 18.3. The van der Waals surface area contributed by atoms with Crippen molar-refractivity contribution in [2.75, 3.05) is 19.7 Å². The van der Waals surface area contributed by atoms with Crippen LogP contribution < -0.4 is 5.32 Å². The maximum Gasteiger partial charge on any atom is 0.407 e. The molecule has 1 aliphatic carbocycles. The number of esters is 2. The quantitative estimate of drug-likeness (QED) is 0.189. The van der Waals surface area contributed by atoms with Gasteiger partial charge in [0, 0.05) is 36.0 Å². The Hall–Kier alpha value is -3.59. The molecule has 0 atom stereocenters. The van der Waals surface area contributed by atoms with Crippen LogP contribution in [0, 0.1) is 0 Å². The van der Waals surface area contributed by atoms with Crippen molar-refractivity contribution in [3.8, 4) is 0 Å². The molecule has 0 spiro atoms. The van der Waals surface area contributed by atoms with E-state index in [0.717, 1.165) is 11.1 Å². The number of carbonyl (C=O) groups is 4. The summed E-state index contributed by atoms with van der Waals surface area (Å²) in [5.41, 5.74) is 0.797. The maximum absolute atomic E-state index is 13.2. The number of alkyl carbamates (subject to hydrolysis) is 1. The zero-order chi connectivity index (χ0) is 31.5. The number of ether oxygens (including phenoxy) is 3. The molecule has 1 aliphatic rings. The van der Waals surface area contributed by atoms with E-state index in [9.17, 15) is 19.2 Å². The Kier molecular flexibility index (Phi) is 12.4. The zero-order valence-electron chi connectivity index (χ0n) is 25.5. The summed E-state index contributed by atoms with van der Waals surface area (Å²) in [5.74, 6) is -2.00. The smallest absolute Gasteiger partial charge is 0.407 e. The molecule has 0 unspecified atom stereocenters. The molecule has 1 saturated carbocycles. The molecule has 3 rings (SSSR count). The molecule has 0 aromatic heterocycles. The van der Waals surface area contributed by atoms with E-state index in [1.165, 1.54) is 4.90 Å². The fourth-order valence-electron chi connectivity index (χ4n) is 5.37. The fourth-order valence-corrected chi connectivity index (χ4v) is 5.56. The first-order valence-electron chi connectivity index (χ1n) is 14.8. The lowest BCUT2D eigenvalue weighted by atomic mass is 9.67. The highest BCUT2D eigenvalue weighted by atomic mass is 35.5. The number of hydrogen-bond acceptors (Lipinski definition) is 7. The molecular formula is C33H43ClN2O7. The van der Waals surface area contributed by atoms with Crippen molar-refractivity contribution in [2.24, 2.45) is 0 Å². The van der Waals surface area contributed by atoms with Crippen LogP contribution in [-0.4, -0.2) is 60.2 Å². The number of rotatable bonds is 11. The predicted octanol–water partition coefficient (Wildman–Crippen LogP) is 5.96. The molecular weight excluding hydrogens is 572 g/mol. The Morgan fingerprint density at radius 2 is 1.70 bits per heavy atom. The first-order valence-corrected chi connectivity index (χ1v) is 15.2. The van der Waals surface area contributed by atoms with Crippen LogP contribution in [0.5, 0.6) is 0 Å². The van der Waals surface area contributed by atoms with Gasteiger partial charge in [-0.05, 0) is 83.1 Å². The van der Waals surface area contributed by atoms with Crippen LogP contribution in [0.1, 0.15) is 77.3 Å². The summed E-state index contributed by atoms with van der Waals surface area (Å²) < 4.78 is 15.9. The topological polar surface area (TPSA) is 111 Å². The molecule has 43 heavy (non-hydrogen) atoms. The number of amides is 2. The van der Waals surface area contributed by atoms with E-state index in [2.05, 4.69) is 5.32 Å². The Labute approximate surface area is 259 Å². The highest BCUT2D eigenvalue weighted by Gasteiger charge is 2.41. The van der Waals surface area contributed by atoms with Gasteiger partial charge in [0.1, 0.15) is 12.2 Å². The van der Waals surface area contributed by atoms with E-state index in [4.69, 9.17) is 25.8 Å². The van der Waals surface area contributed by atoms with Gasteiger partial charge in [0.15, 0.2) is 0 Å². The van der Waals surface area contributed by atoms with Gasteiger partial charge in [-0.3, -0.25) is 9.59 Å². The molecule has 1 N–H and O–H groups in total. The SMILES string of the molecule is CCOC(=O)C(=O)N(CCCC(=O)OCc1ccccc1)C1CCC(CNC(=O)OC(C)(C)C)(c2cccc(Cl)c2)CC1. The largest absolute Gasteiger partial charge is 0.461 e. The number of hydrogen-bond donors (Lipinski definition) is 1. The summed E-state index contributed by atoms with van der Waals surface area (Å²) in [6, 6.07) is 16.7. The van der Waals surface area contributed by atoms with Crippen LogP contribution >= 0.6 is 11.6 Å². The summed E-state index contributed by atoms with van der Waals surface area (Å²) in [5, 5.41) is 3.52. The second-order valence-electron chi connectivity index (χ2n) is 11.8. The molecule has 0 heterocycles. The second-order valence-corrected chi connectivity index (χ2v) is 12.3. The van der Waals surface area contributed by atoms with Gasteiger partial charge in [0.25, 0.3) is 0 Å². The Morgan fingerprint density at radius 3 is 2.33 bits per heavy atom. The highest BCUT2D eigenvalue weighted by Crippen LogP contribution is 2.41. The van der Waals surface area contributed by atoms with Gasteiger partial charge in [-0.25, -0.2) is 9.59 Å². The van der Waals surface area contributed by atoms with Crippen LogP contribution in [0.25, 0.3) is 0 Å². The van der Waals surface area contributed by atoms with Crippen LogP contribution in [-0.2, 0) is 40.6 Å². The van der Waals surface area contributed by atoms with Gasteiger partial charge < -0.3 is 24.4 Å². The van der Waals surface area contributed by atoms with Crippen molar-refractivity contribution in [1.29, 1.82) is 0 Å². The predicted molar refractivity (Wildman–Crippen MR) is 163 cm³/mol. The van der Waals surface area contributed by atoms with Crippen molar-refractivity contribution in [3.05, 3.63) is 70.7 Å². The van der Waals surface area contributed by atoms with Crippen LogP contribution in [0.15, 0.2) is 54.6 Å². The number of nitrogens with zero attached hydrogens (tertiary/aromatic N) is 1. The maximum atomic E-state index is 13.2. The number of halogens is 1. The second kappa shape index (κ2) is 15.8. The van der Waals surface area contributed by atoms with Gasteiger partial charge in [-0.2, -0.15) is 0 Å². The van der Waals surface area contributed by atoms with Gasteiger partial charge >= 0.3 is 23.9 Å². The van der Waals surface area contributed by atoms with Gasteiger partial charge in [0.2, 0.25) is 0 Å². The standard InChI is InChI=1S/C33H43ClN2O7/c1-5-41-30(39)29(38)36(20-10-15-28(37)42-22-24-11-7-6-8-12-24)27-16-18-33(19-17-27,25-13-9-14-26(34)21-25)23-35-31(40)43-32(2,3)4/h6-9,11-14,21,27H,5,10,15-20,22-23H2,1-4H3,(H,35,40). The summed E-state index contributed by atoms with van der Waals surface area (Å²) in [6.07, 6.45) is 2.35. The van der Waals surface area contributed by atoms with E-state index < -0.39 is 29.0 Å². The van der Waals surface area contributed by atoms with Crippen molar-refractivity contribution in [3.63, 3.8) is 0 Å². The Morgan fingerprint density at radius 1 is 1.00 bits per heavy atom. The lowest BCUT2D eigenvalue weighted by Crippen LogP contribution is -2.51. The Bertz CT molecular complexity index is 1240. The van der Waals surface area contributed by atoms with E-state index >= 15 is 0 Å². The summed E-state index contributed by atoms with van der Waals surface area (Å²) in [6.45, 7) is 7.88. The molecule has 0 radical (unpaired) electrons. The van der Waals surface area contributed by atoms with Crippen molar-refractivity contribution < 1.29 is 33.4 Å². The summed E-state index contributed by atoms with van der Waals surface area (Å²) in [4.78, 5) is 52.1. The van der Waals surface area contributed by atoms with Crippen molar-refractivity contribution >= 4 is 35.5 Å².